The zero-order chi connectivity index (χ0) is 23.4. The first-order chi connectivity index (χ1) is 16.0. The molecular formula is C25H28N4O4. The van der Waals surface area contributed by atoms with Crippen LogP contribution in [0.2, 0.25) is 0 Å². The van der Waals surface area contributed by atoms with E-state index in [1.165, 1.54) is 0 Å². The van der Waals surface area contributed by atoms with Crippen LogP contribution in [-0.4, -0.2) is 43.4 Å². The number of phenolic OH excluding ortho intramolecular Hbond substituents is 1. The van der Waals surface area contributed by atoms with Gasteiger partial charge in [-0.15, -0.1) is 0 Å². The highest BCUT2D eigenvalue weighted by Gasteiger charge is 2.23. The van der Waals surface area contributed by atoms with Crippen molar-refractivity contribution < 1.29 is 19.4 Å². The summed E-state index contributed by atoms with van der Waals surface area (Å²) in [5.74, 6) is 1.05. The highest BCUT2D eigenvalue weighted by Crippen LogP contribution is 2.35. The number of pyridine rings is 1. The summed E-state index contributed by atoms with van der Waals surface area (Å²) in [6, 6.07) is 16.7. The number of carbonyl (C=O) groups is 1. The van der Waals surface area contributed by atoms with Gasteiger partial charge in [0.2, 0.25) is 5.91 Å². The Morgan fingerprint density at radius 3 is 2.64 bits per heavy atom. The summed E-state index contributed by atoms with van der Waals surface area (Å²) in [6.07, 6.45) is 0.735. The highest BCUT2D eigenvalue weighted by molar-refractivity contribution is 5.79. The van der Waals surface area contributed by atoms with Gasteiger partial charge < -0.3 is 30.5 Å². The minimum absolute atomic E-state index is 0.0390. The van der Waals surface area contributed by atoms with Crippen LogP contribution in [0.25, 0.3) is 11.3 Å². The number of amides is 1. The van der Waals surface area contributed by atoms with Crippen molar-refractivity contribution in [3.05, 3.63) is 60.2 Å². The smallest absolute Gasteiger partial charge is 0.225 e. The van der Waals surface area contributed by atoms with Crippen molar-refractivity contribution in [1.82, 2.24) is 10.3 Å². The predicted molar refractivity (Wildman–Crippen MR) is 128 cm³/mol. The number of nitrogens with two attached hydrogens (primary N) is 1. The Morgan fingerprint density at radius 1 is 1.21 bits per heavy atom. The summed E-state index contributed by atoms with van der Waals surface area (Å²) in [6.45, 7) is 1.37. The van der Waals surface area contributed by atoms with Crippen LogP contribution in [0.3, 0.4) is 0 Å². The molecule has 0 bridgehead atoms. The first kappa shape index (κ1) is 22.4. The number of aromatic hydroxyl groups is 1. The van der Waals surface area contributed by atoms with Crippen molar-refractivity contribution in [2.24, 2.45) is 5.92 Å². The molecule has 0 saturated carbocycles. The Labute approximate surface area is 193 Å². The van der Waals surface area contributed by atoms with Gasteiger partial charge in [0.1, 0.15) is 17.3 Å². The number of nitrogens with one attached hydrogen (secondary N) is 1. The third kappa shape index (κ3) is 5.01. The van der Waals surface area contributed by atoms with Crippen LogP contribution in [0.4, 0.5) is 17.2 Å². The molecule has 33 heavy (non-hydrogen) atoms. The number of hydrogen-bond acceptors (Lipinski definition) is 7. The number of anilines is 3. The normalized spacial score (nSPS) is 15.3. The number of ether oxygens (including phenoxy) is 2. The van der Waals surface area contributed by atoms with Crippen molar-refractivity contribution in [3.8, 4) is 22.8 Å². The first-order valence-corrected chi connectivity index (χ1v) is 10.8. The largest absolute Gasteiger partial charge is 0.507 e. The zero-order valence-electron chi connectivity index (χ0n) is 18.7. The Hall–Kier alpha value is -3.78. The van der Waals surface area contributed by atoms with Gasteiger partial charge in [-0.3, -0.25) is 4.79 Å². The zero-order valence-corrected chi connectivity index (χ0v) is 18.7. The number of benzene rings is 2. The van der Waals surface area contributed by atoms with Crippen LogP contribution in [0.1, 0.15) is 12.0 Å². The molecule has 1 saturated heterocycles. The van der Waals surface area contributed by atoms with Gasteiger partial charge in [0, 0.05) is 42.7 Å². The average Bonchev–Trinajstić information content (AvgIpc) is 3.38. The first-order valence-electron chi connectivity index (χ1n) is 10.8. The molecule has 3 aromatic rings. The number of hydrogen-bond donors (Lipinski definition) is 3. The van der Waals surface area contributed by atoms with Gasteiger partial charge in [-0.05, 0) is 55.0 Å². The summed E-state index contributed by atoms with van der Waals surface area (Å²) in [5, 5.41) is 13.4. The van der Waals surface area contributed by atoms with E-state index in [2.05, 4.69) is 10.3 Å². The molecule has 1 atom stereocenters. The van der Waals surface area contributed by atoms with Gasteiger partial charge in [-0.2, -0.15) is 0 Å². The average molecular weight is 449 g/mol. The third-order valence-corrected chi connectivity index (χ3v) is 5.87. The molecule has 1 aliphatic rings. The van der Waals surface area contributed by atoms with Gasteiger partial charge in [-0.1, -0.05) is 6.07 Å². The fraction of sp³-hybridized carbons (Fsp3) is 0.280. The van der Waals surface area contributed by atoms with Crippen LogP contribution < -0.4 is 20.7 Å². The molecule has 4 N–H and O–H groups in total. The van der Waals surface area contributed by atoms with Crippen LogP contribution in [0.15, 0.2) is 54.6 Å². The number of nitrogens with zero attached hydrogens (tertiary/aromatic N) is 2. The molecule has 4 rings (SSSR count). The van der Waals surface area contributed by atoms with Gasteiger partial charge in [0.05, 0.1) is 25.3 Å². The van der Waals surface area contributed by atoms with E-state index >= 15 is 0 Å². The number of rotatable bonds is 7. The molecule has 8 nitrogen and oxygen atoms in total. The fourth-order valence-electron chi connectivity index (χ4n) is 3.76. The lowest BCUT2D eigenvalue weighted by atomic mass is 10.1. The van der Waals surface area contributed by atoms with Gasteiger partial charge >= 0.3 is 0 Å². The maximum atomic E-state index is 12.2. The molecule has 1 fully saturated rings. The lowest BCUT2D eigenvalue weighted by molar-refractivity contribution is -0.125. The van der Waals surface area contributed by atoms with Crippen LogP contribution >= 0.6 is 0 Å². The minimum atomic E-state index is -0.110. The molecule has 2 aromatic carbocycles. The molecule has 8 heteroatoms. The standard InChI is InChI=1S/C25H28N4O4/c1-29(18-4-7-20(32-2)8-5-18)19-6-10-23(30)21(13-19)22-9-3-16(24(26)28-22)14-27-25(31)17-11-12-33-15-17/h3-10,13,17,30H,11-12,14-15H2,1-2H3,(H2,26,28)(H,27,31). The van der Waals surface area contributed by atoms with E-state index in [1.807, 2.05) is 54.4 Å². The van der Waals surface area contributed by atoms with Crippen molar-refractivity contribution >= 4 is 23.1 Å². The SMILES string of the molecule is COc1ccc(N(C)c2ccc(O)c(-c3ccc(CNC(=O)C4CCOC4)c(N)n3)c2)cc1. The summed E-state index contributed by atoms with van der Waals surface area (Å²) in [5.41, 5.74) is 9.86. The number of carbonyl (C=O) groups excluding carboxylic acids is 1. The lowest BCUT2D eigenvalue weighted by Gasteiger charge is -2.21. The summed E-state index contributed by atoms with van der Waals surface area (Å²) in [4.78, 5) is 18.7. The summed E-state index contributed by atoms with van der Waals surface area (Å²) < 4.78 is 10.5. The minimum Gasteiger partial charge on any atom is -0.507 e. The van der Waals surface area contributed by atoms with Gasteiger partial charge in [0.15, 0.2) is 0 Å². The van der Waals surface area contributed by atoms with Crippen LogP contribution in [-0.2, 0) is 16.1 Å². The number of aromatic nitrogens is 1. The van der Waals surface area contributed by atoms with E-state index in [1.54, 1.807) is 19.2 Å². The van der Waals surface area contributed by atoms with Gasteiger partial charge in [-0.25, -0.2) is 4.98 Å². The number of methoxy groups -OCH3 is 1. The molecule has 0 radical (unpaired) electrons. The molecular weight excluding hydrogens is 420 g/mol. The van der Waals surface area contributed by atoms with Crippen molar-refractivity contribution in [1.29, 1.82) is 0 Å². The van der Waals surface area contributed by atoms with Crippen molar-refractivity contribution in [2.45, 2.75) is 13.0 Å². The molecule has 0 aliphatic carbocycles. The second-order valence-electron chi connectivity index (χ2n) is 7.98. The molecule has 1 unspecified atom stereocenters. The lowest BCUT2D eigenvalue weighted by Crippen LogP contribution is -2.30. The monoisotopic (exact) mass is 448 g/mol. The highest BCUT2D eigenvalue weighted by atomic mass is 16.5. The number of phenols is 1. The van der Waals surface area contributed by atoms with Crippen LogP contribution in [0, 0.1) is 5.92 Å². The van der Waals surface area contributed by atoms with E-state index in [0.717, 1.165) is 29.1 Å². The maximum Gasteiger partial charge on any atom is 0.225 e. The van der Waals surface area contributed by atoms with E-state index in [0.29, 0.717) is 36.8 Å². The summed E-state index contributed by atoms with van der Waals surface area (Å²) >= 11 is 0. The Bertz CT molecular complexity index is 1130. The molecule has 0 spiro atoms. The fourth-order valence-corrected chi connectivity index (χ4v) is 3.76. The Morgan fingerprint density at radius 2 is 1.97 bits per heavy atom. The quantitative estimate of drug-likeness (QED) is 0.508. The third-order valence-electron chi connectivity index (χ3n) is 5.87. The summed E-state index contributed by atoms with van der Waals surface area (Å²) in [7, 11) is 3.58. The van der Waals surface area contributed by atoms with Crippen molar-refractivity contribution in [3.63, 3.8) is 0 Å². The molecule has 1 aromatic heterocycles. The second kappa shape index (κ2) is 9.79. The number of nitrogen functional groups attached to an aromatic ring is 1. The van der Waals surface area contributed by atoms with E-state index in [9.17, 15) is 9.90 Å². The predicted octanol–water partition coefficient (Wildman–Crippen LogP) is 3.47. The second-order valence-corrected chi connectivity index (χ2v) is 7.98. The Balaban J connectivity index is 1.52. The Kier molecular flexibility index (Phi) is 6.65. The van der Waals surface area contributed by atoms with E-state index in [-0.39, 0.29) is 17.6 Å². The molecule has 2 heterocycles. The maximum absolute atomic E-state index is 12.2. The molecule has 1 amide bonds. The van der Waals surface area contributed by atoms with Gasteiger partial charge in [0.25, 0.3) is 0 Å². The molecule has 1 aliphatic heterocycles. The van der Waals surface area contributed by atoms with Crippen molar-refractivity contribution in [2.75, 3.05) is 38.0 Å². The van der Waals surface area contributed by atoms with Crippen LogP contribution in [0.5, 0.6) is 11.5 Å². The van der Waals surface area contributed by atoms with E-state index in [4.69, 9.17) is 15.2 Å². The topological polar surface area (TPSA) is 110 Å². The van der Waals surface area contributed by atoms with E-state index < -0.39 is 0 Å². The molecule has 172 valence electrons.